The predicted molar refractivity (Wildman–Crippen MR) is 110 cm³/mol. The zero-order chi connectivity index (χ0) is 20.6. The van der Waals surface area contributed by atoms with Crippen LogP contribution in [0.2, 0.25) is 0 Å². The number of nitrogens with zero attached hydrogens (tertiary/aromatic N) is 3. The molecule has 2 atom stereocenters. The van der Waals surface area contributed by atoms with E-state index >= 15 is 0 Å². The van der Waals surface area contributed by atoms with Gasteiger partial charge in [0.1, 0.15) is 16.9 Å². The summed E-state index contributed by atoms with van der Waals surface area (Å²) in [6.07, 6.45) is 1.53. The van der Waals surface area contributed by atoms with Crippen LogP contribution in [-0.4, -0.2) is 52.8 Å². The van der Waals surface area contributed by atoms with E-state index in [0.717, 1.165) is 16.2 Å². The lowest BCUT2D eigenvalue weighted by Crippen LogP contribution is -2.46. The number of aromatic nitrogens is 1. The maximum atomic E-state index is 12.8. The number of likely N-dealkylation sites (tertiary alicyclic amines) is 1. The van der Waals surface area contributed by atoms with Crippen LogP contribution in [0.15, 0.2) is 36.5 Å². The van der Waals surface area contributed by atoms with Crippen molar-refractivity contribution >= 4 is 17.6 Å². The van der Waals surface area contributed by atoms with Crippen molar-refractivity contribution < 1.29 is 19.1 Å². The minimum absolute atomic E-state index is 0.161. The predicted octanol–water partition coefficient (Wildman–Crippen LogP) is 3.66. The highest BCUT2D eigenvalue weighted by Crippen LogP contribution is 2.49. The molecule has 1 amide bonds. The first-order valence-corrected chi connectivity index (χ1v) is 10.5. The third kappa shape index (κ3) is 3.84. The summed E-state index contributed by atoms with van der Waals surface area (Å²) in [5.41, 5.74) is 0.176. The first-order chi connectivity index (χ1) is 13.8. The van der Waals surface area contributed by atoms with Gasteiger partial charge in [0, 0.05) is 18.7 Å². The van der Waals surface area contributed by atoms with Crippen LogP contribution < -0.4 is 4.74 Å². The Hall–Kier alpha value is -2.16. The molecule has 4 rings (SSSR count). The topological polar surface area (TPSA) is 64.1 Å². The second kappa shape index (κ2) is 7.59. The normalized spacial score (nSPS) is 24.6. The molecule has 0 saturated carbocycles. The molecule has 1 aromatic heterocycles. The number of ether oxygens (including phenoxy) is 2. The molecule has 156 valence electrons. The summed E-state index contributed by atoms with van der Waals surface area (Å²) in [4.78, 5) is 21.8. The van der Waals surface area contributed by atoms with Gasteiger partial charge < -0.3 is 14.4 Å². The molecule has 1 aromatic carbocycles. The Morgan fingerprint density at radius 3 is 2.69 bits per heavy atom. The number of methoxy groups -OCH3 is 1. The van der Waals surface area contributed by atoms with Crippen molar-refractivity contribution in [2.24, 2.45) is 5.92 Å². The highest BCUT2D eigenvalue weighted by molar-refractivity contribution is 7.05. The van der Waals surface area contributed by atoms with Gasteiger partial charge >= 0.3 is 6.09 Å². The van der Waals surface area contributed by atoms with E-state index < -0.39 is 11.1 Å². The third-order valence-corrected chi connectivity index (χ3v) is 6.34. The van der Waals surface area contributed by atoms with E-state index in [1.54, 1.807) is 12.0 Å². The SMILES string of the molecule is COc1ccc(CN2OCC3CN(C(=O)OC(C)(C)C)C[C@@]32c2ccns2)cc1. The maximum absolute atomic E-state index is 12.8. The summed E-state index contributed by atoms with van der Waals surface area (Å²) in [7, 11) is 1.66. The number of carbonyl (C=O) groups is 1. The summed E-state index contributed by atoms with van der Waals surface area (Å²) in [5.74, 6) is 0.983. The quantitative estimate of drug-likeness (QED) is 0.757. The Kier molecular flexibility index (Phi) is 5.27. The summed E-state index contributed by atoms with van der Waals surface area (Å²) in [6, 6.07) is 10.0. The van der Waals surface area contributed by atoms with Crippen LogP contribution in [0.25, 0.3) is 0 Å². The zero-order valence-corrected chi connectivity index (χ0v) is 18.1. The van der Waals surface area contributed by atoms with E-state index in [-0.39, 0.29) is 12.0 Å². The molecule has 0 radical (unpaired) electrons. The van der Waals surface area contributed by atoms with Gasteiger partial charge in [-0.25, -0.2) is 9.17 Å². The zero-order valence-electron chi connectivity index (χ0n) is 17.3. The lowest BCUT2D eigenvalue weighted by Gasteiger charge is -2.35. The van der Waals surface area contributed by atoms with Crippen molar-refractivity contribution in [3.8, 4) is 5.75 Å². The molecular formula is C21H27N3O4S. The van der Waals surface area contributed by atoms with E-state index in [1.165, 1.54) is 11.5 Å². The number of hydrogen-bond acceptors (Lipinski definition) is 7. The first-order valence-electron chi connectivity index (χ1n) is 9.74. The molecule has 1 unspecified atom stereocenters. The van der Waals surface area contributed by atoms with Crippen LogP contribution >= 0.6 is 11.5 Å². The minimum Gasteiger partial charge on any atom is -0.497 e. The van der Waals surface area contributed by atoms with E-state index in [9.17, 15) is 4.79 Å². The molecule has 2 aliphatic heterocycles. The van der Waals surface area contributed by atoms with E-state index in [2.05, 4.69) is 4.37 Å². The van der Waals surface area contributed by atoms with Crippen LogP contribution in [0, 0.1) is 5.92 Å². The average molecular weight is 418 g/mol. The molecule has 2 aromatic rings. The van der Waals surface area contributed by atoms with Crippen LogP contribution in [-0.2, 0) is 21.7 Å². The highest BCUT2D eigenvalue weighted by atomic mass is 32.1. The minimum atomic E-state index is -0.522. The van der Waals surface area contributed by atoms with Crippen molar-refractivity contribution in [1.29, 1.82) is 0 Å². The van der Waals surface area contributed by atoms with E-state index in [4.69, 9.17) is 14.3 Å². The smallest absolute Gasteiger partial charge is 0.410 e. The lowest BCUT2D eigenvalue weighted by molar-refractivity contribution is -0.175. The average Bonchev–Trinajstić information content (AvgIpc) is 3.37. The fourth-order valence-electron chi connectivity index (χ4n) is 4.06. The number of carbonyl (C=O) groups excluding carboxylic acids is 1. The Balaban J connectivity index is 1.60. The van der Waals surface area contributed by atoms with Crippen molar-refractivity contribution in [3.63, 3.8) is 0 Å². The summed E-state index contributed by atoms with van der Waals surface area (Å²) < 4.78 is 15.2. The number of amides is 1. The van der Waals surface area contributed by atoms with Crippen molar-refractivity contribution in [2.45, 2.75) is 38.5 Å². The van der Waals surface area contributed by atoms with E-state index in [0.29, 0.717) is 26.2 Å². The van der Waals surface area contributed by atoms with Gasteiger partial charge in [0.2, 0.25) is 0 Å². The highest BCUT2D eigenvalue weighted by Gasteiger charge is 2.59. The van der Waals surface area contributed by atoms with Gasteiger partial charge in [-0.05, 0) is 56.1 Å². The fraction of sp³-hybridized carbons (Fsp3) is 0.524. The molecule has 2 saturated heterocycles. The molecule has 0 aliphatic carbocycles. The molecule has 0 spiro atoms. The van der Waals surface area contributed by atoms with Crippen LogP contribution in [0.1, 0.15) is 31.2 Å². The second-order valence-corrected chi connectivity index (χ2v) is 9.37. The Morgan fingerprint density at radius 1 is 1.31 bits per heavy atom. The monoisotopic (exact) mass is 417 g/mol. The number of rotatable bonds is 4. The standard InChI is InChI=1S/C21H27N3O4S/c1-20(2,3)28-19(25)23-12-16-13-27-24(11-15-5-7-17(26-4)8-6-15)21(16,14-23)18-9-10-22-29-18/h5-10,16H,11-14H2,1-4H3/t16?,21-/m0/s1. The number of benzene rings is 1. The molecule has 3 heterocycles. The van der Waals surface area contributed by atoms with Gasteiger partial charge in [-0.15, -0.1) is 0 Å². The van der Waals surface area contributed by atoms with Gasteiger partial charge in [0.25, 0.3) is 0 Å². The molecule has 29 heavy (non-hydrogen) atoms. The Labute approximate surface area is 175 Å². The molecule has 0 N–H and O–H groups in total. The summed E-state index contributed by atoms with van der Waals surface area (Å²) in [6.45, 7) is 7.96. The fourth-order valence-corrected chi connectivity index (χ4v) is 4.91. The van der Waals surface area contributed by atoms with Crippen molar-refractivity contribution in [3.05, 3.63) is 47.0 Å². The second-order valence-electron chi connectivity index (χ2n) is 8.54. The molecule has 2 fully saturated rings. The Morgan fingerprint density at radius 2 is 2.07 bits per heavy atom. The van der Waals surface area contributed by atoms with E-state index in [1.807, 2.05) is 62.4 Å². The largest absolute Gasteiger partial charge is 0.497 e. The van der Waals surface area contributed by atoms with Gasteiger partial charge in [-0.3, -0.25) is 4.84 Å². The van der Waals surface area contributed by atoms with Crippen LogP contribution in [0.5, 0.6) is 5.75 Å². The van der Waals surface area contributed by atoms with Crippen LogP contribution in [0.4, 0.5) is 4.79 Å². The molecular weight excluding hydrogens is 390 g/mol. The summed E-state index contributed by atoms with van der Waals surface area (Å²) >= 11 is 1.46. The third-order valence-electron chi connectivity index (χ3n) is 5.43. The van der Waals surface area contributed by atoms with Gasteiger partial charge in [0.05, 0.1) is 31.7 Å². The van der Waals surface area contributed by atoms with Crippen molar-refractivity contribution in [1.82, 2.24) is 14.3 Å². The number of hydroxylamine groups is 2. The molecule has 2 aliphatic rings. The van der Waals surface area contributed by atoms with Gasteiger partial charge in [-0.1, -0.05) is 12.1 Å². The molecule has 8 heteroatoms. The van der Waals surface area contributed by atoms with Gasteiger partial charge in [-0.2, -0.15) is 5.06 Å². The number of hydrogen-bond donors (Lipinski definition) is 0. The van der Waals surface area contributed by atoms with Crippen LogP contribution in [0.3, 0.4) is 0 Å². The first kappa shape index (κ1) is 20.1. The summed E-state index contributed by atoms with van der Waals surface area (Å²) in [5, 5.41) is 2.03. The number of fused-ring (bicyclic) bond motifs is 1. The van der Waals surface area contributed by atoms with Crippen molar-refractivity contribution in [2.75, 3.05) is 26.8 Å². The lowest BCUT2D eigenvalue weighted by atomic mass is 9.86. The van der Waals surface area contributed by atoms with Gasteiger partial charge in [0.15, 0.2) is 0 Å². The maximum Gasteiger partial charge on any atom is 0.410 e. The molecule has 0 bridgehead atoms. The Bertz CT molecular complexity index is 850. The molecule has 7 nitrogen and oxygen atoms in total.